The second-order valence-electron chi connectivity index (χ2n) is 8.59. The molecule has 1 aliphatic rings. The topological polar surface area (TPSA) is 84.5 Å². The molecule has 34 heavy (non-hydrogen) atoms. The number of piperazine rings is 1. The number of nitrogen functional groups attached to an aromatic ring is 1. The highest BCUT2D eigenvalue weighted by Gasteiger charge is 2.20. The fraction of sp³-hybridized carbons (Fsp3) is 0.280. The van der Waals surface area contributed by atoms with Crippen LogP contribution in [-0.2, 0) is 7.05 Å². The normalized spacial score (nSPS) is 14.5. The van der Waals surface area contributed by atoms with Crippen LogP contribution in [0, 0.1) is 0 Å². The van der Waals surface area contributed by atoms with Crippen molar-refractivity contribution in [2.45, 2.75) is 0 Å². The predicted molar refractivity (Wildman–Crippen MR) is 139 cm³/mol. The SMILES string of the molecule is COc1cc(N2CCN(C)CC2)c(N)cc1Nc1ncc(Cl)c(-c2cn(C)c3ccccc23)n1. The number of nitrogens with two attached hydrogens (primary N) is 1. The van der Waals surface area contributed by atoms with Gasteiger partial charge in [0.2, 0.25) is 5.95 Å². The number of aromatic nitrogens is 3. The number of rotatable bonds is 5. The molecule has 8 nitrogen and oxygen atoms in total. The molecule has 1 fully saturated rings. The van der Waals surface area contributed by atoms with Crippen molar-refractivity contribution in [2.24, 2.45) is 7.05 Å². The van der Waals surface area contributed by atoms with E-state index in [0.29, 0.717) is 33.8 Å². The molecule has 0 unspecified atom stereocenters. The van der Waals surface area contributed by atoms with Gasteiger partial charge in [0.25, 0.3) is 0 Å². The Morgan fingerprint density at radius 2 is 1.85 bits per heavy atom. The van der Waals surface area contributed by atoms with Crippen LogP contribution >= 0.6 is 11.6 Å². The monoisotopic (exact) mass is 477 g/mol. The Morgan fingerprint density at radius 1 is 1.09 bits per heavy atom. The van der Waals surface area contributed by atoms with Crippen LogP contribution in [0.4, 0.5) is 23.0 Å². The van der Waals surface area contributed by atoms with E-state index in [2.05, 4.69) is 43.8 Å². The molecular weight excluding hydrogens is 450 g/mol. The van der Waals surface area contributed by atoms with Crippen molar-refractivity contribution in [3.05, 3.63) is 53.8 Å². The lowest BCUT2D eigenvalue weighted by atomic mass is 10.1. The minimum absolute atomic E-state index is 0.414. The van der Waals surface area contributed by atoms with Gasteiger partial charge >= 0.3 is 0 Å². The van der Waals surface area contributed by atoms with Crippen molar-refractivity contribution >= 4 is 45.5 Å². The first-order chi connectivity index (χ1) is 16.4. The van der Waals surface area contributed by atoms with Gasteiger partial charge in [0.1, 0.15) is 5.75 Å². The summed E-state index contributed by atoms with van der Waals surface area (Å²) in [6.07, 6.45) is 3.65. The lowest BCUT2D eigenvalue weighted by Crippen LogP contribution is -2.44. The molecule has 3 N–H and O–H groups in total. The minimum atomic E-state index is 0.414. The second-order valence-corrected chi connectivity index (χ2v) is 8.99. The molecule has 0 spiro atoms. The molecule has 2 aromatic carbocycles. The van der Waals surface area contributed by atoms with Crippen molar-refractivity contribution < 1.29 is 4.74 Å². The number of ether oxygens (including phenoxy) is 1. The smallest absolute Gasteiger partial charge is 0.227 e. The summed E-state index contributed by atoms with van der Waals surface area (Å²) in [4.78, 5) is 13.7. The number of hydrogen-bond acceptors (Lipinski definition) is 7. The number of methoxy groups -OCH3 is 1. The molecule has 0 aliphatic carbocycles. The summed E-state index contributed by atoms with van der Waals surface area (Å²) in [5.41, 5.74) is 11.5. The zero-order valence-corrected chi connectivity index (χ0v) is 20.3. The molecule has 0 atom stereocenters. The van der Waals surface area contributed by atoms with E-state index in [-0.39, 0.29) is 0 Å². The zero-order valence-electron chi connectivity index (χ0n) is 19.5. The minimum Gasteiger partial charge on any atom is -0.494 e. The third-order valence-corrected chi connectivity index (χ3v) is 6.61. The highest BCUT2D eigenvalue weighted by atomic mass is 35.5. The quantitative estimate of drug-likeness (QED) is 0.413. The van der Waals surface area contributed by atoms with Gasteiger partial charge in [0.15, 0.2) is 0 Å². The molecule has 0 radical (unpaired) electrons. The molecule has 4 aromatic rings. The van der Waals surface area contributed by atoms with Crippen LogP contribution in [-0.4, -0.2) is 59.8 Å². The fourth-order valence-electron chi connectivity index (χ4n) is 4.44. The first-order valence-corrected chi connectivity index (χ1v) is 11.6. The predicted octanol–water partition coefficient (Wildman–Crippen LogP) is 4.37. The second kappa shape index (κ2) is 9.04. The van der Waals surface area contributed by atoms with Gasteiger partial charge in [-0.3, -0.25) is 0 Å². The van der Waals surface area contributed by atoms with E-state index < -0.39 is 0 Å². The van der Waals surface area contributed by atoms with Crippen molar-refractivity contribution in [2.75, 3.05) is 56.3 Å². The van der Waals surface area contributed by atoms with E-state index in [4.69, 9.17) is 27.1 Å². The van der Waals surface area contributed by atoms with Crippen molar-refractivity contribution in [1.29, 1.82) is 0 Å². The van der Waals surface area contributed by atoms with Gasteiger partial charge in [-0.25, -0.2) is 9.97 Å². The summed E-state index contributed by atoms with van der Waals surface area (Å²) < 4.78 is 7.75. The third kappa shape index (κ3) is 4.10. The van der Waals surface area contributed by atoms with Crippen molar-refractivity contribution in [3.8, 4) is 17.0 Å². The average molecular weight is 478 g/mol. The molecule has 0 bridgehead atoms. The van der Waals surface area contributed by atoms with Crippen molar-refractivity contribution in [3.63, 3.8) is 0 Å². The van der Waals surface area contributed by atoms with Gasteiger partial charge in [0.05, 0.1) is 41.1 Å². The molecule has 9 heteroatoms. The summed E-state index contributed by atoms with van der Waals surface area (Å²) in [5.74, 6) is 1.09. The van der Waals surface area contributed by atoms with Crippen LogP contribution in [0.15, 0.2) is 48.8 Å². The molecule has 0 saturated carbocycles. The van der Waals surface area contributed by atoms with Gasteiger partial charge in [-0.05, 0) is 19.2 Å². The van der Waals surface area contributed by atoms with Gasteiger partial charge < -0.3 is 30.2 Å². The Bertz CT molecular complexity index is 1340. The standard InChI is InChI=1S/C25H28ClN7O/c1-31-8-10-33(11-9-31)22-13-23(34-3)20(12-19(22)27)29-25-28-14-18(26)24(30-25)17-15-32(2)21-7-5-4-6-16(17)21/h4-7,12-15H,8-11,27H2,1-3H3,(H,28,29,30). The molecule has 2 aromatic heterocycles. The van der Waals surface area contributed by atoms with Crippen LogP contribution < -0.4 is 20.7 Å². The number of nitrogens with zero attached hydrogens (tertiary/aromatic N) is 5. The fourth-order valence-corrected chi connectivity index (χ4v) is 4.63. The largest absolute Gasteiger partial charge is 0.494 e. The Morgan fingerprint density at radius 3 is 2.62 bits per heavy atom. The number of likely N-dealkylation sites (N-methyl/N-ethyl adjacent to an activating group) is 1. The Kier molecular flexibility index (Phi) is 5.93. The number of hydrogen-bond donors (Lipinski definition) is 2. The number of halogens is 1. The molecule has 176 valence electrons. The van der Waals surface area contributed by atoms with E-state index in [0.717, 1.165) is 48.3 Å². The number of aryl methyl sites for hydroxylation is 1. The van der Waals surface area contributed by atoms with Gasteiger partial charge in [-0.15, -0.1) is 0 Å². The Hall–Kier alpha value is -3.49. The van der Waals surface area contributed by atoms with Crippen LogP contribution in [0.1, 0.15) is 0 Å². The molecule has 5 rings (SSSR count). The highest BCUT2D eigenvalue weighted by molar-refractivity contribution is 6.33. The molecule has 3 heterocycles. The maximum absolute atomic E-state index is 6.53. The van der Waals surface area contributed by atoms with Crippen LogP contribution in [0.25, 0.3) is 22.2 Å². The molecule has 1 aliphatic heterocycles. The zero-order chi connectivity index (χ0) is 23.8. The number of fused-ring (bicyclic) bond motifs is 1. The summed E-state index contributed by atoms with van der Waals surface area (Å²) in [7, 11) is 5.79. The molecule has 0 amide bonds. The van der Waals surface area contributed by atoms with Gasteiger partial charge in [0, 0.05) is 62.0 Å². The first-order valence-electron chi connectivity index (χ1n) is 11.2. The third-order valence-electron chi connectivity index (χ3n) is 6.34. The van der Waals surface area contributed by atoms with Crippen LogP contribution in [0.3, 0.4) is 0 Å². The van der Waals surface area contributed by atoms with E-state index >= 15 is 0 Å². The number of nitrogens with one attached hydrogen (secondary N) is 1. The number of benzene rings is 2. The van der Waals surface area contributed by atoms with E-state index in [9.17, 15) is 0 Å². The van der Waals surface area contributed by atoms with E-state index in [1.807, 2.05) is 37.5 Å². The molecule has 1 saturated heterocycles. The summed E-state index contributed by atoms with van der Waals surface area (Å²) in [6.45, 7) is 3.84. The lowest BCUT2D eigenvalue weighted by Gasteiger charge is -2.35. The maximum atomic E-state index is 6.53. The van der Waals surface area contributed by atoms with E-state index in [1.165, 1.54) is 0 Å². The summed E-state index contributed by atoms with van der Waals surface area (Å²) in [6, 6.07) is 12.0. The summed E-state index contributed by atoms with van der Waals surface area (Å²) >= 11 is 6.53. The number of para-hydroxylation sites is 1. The first kappa shape index (κ1) is 22.3. The summed E-state index contributed by atoms with van der Waals surface area (Å²) in [5, 5.41) is 4.84. The average Bonchev–Trinajstić information content (AvgIpc) is 3.18. The van der Waals surface area contributed by atoms with Crippen LogP contribution in [0.2, 0.25) is 5.02 Å². The van der Waals surface area contributed by atoms with Gasteiger partial charge in [-0.2, -0.15) is 0 Å². The highest BCUT2D eigenvalue weighted by Crippen LogP contribution is 2.38. The van der Waals surface area contributed by atoms with Gasteiger partial charge in [-0.1, -0.05) is 29.8 Å². The van der Waals surface area contributed by atoms with Crippen LogP contribution in [0.5, 0.6) is 5.75 Å². The molecular formula is C25H28ClN7O. The lowest BCUT2D eigenvalue weighted by molar-refractivity contribution is 0.313. The van der Waals surface area contributed by atoms with Crippen molar-refractivity contribution in [1.82, 2.24) is 19.4 Å². The number of anilines is 4. The Labute approximate surface area is 203 Å². The maximum Gasteiger partial charge on any atom is 0.227 e. The van der Waals surface area contributed by atoms with E-state index in [1.54, 1.807) is 13.3 Å². The Balaban J connectivity index is 1.48.